The van der Waals surface area contributed by atoms with Crippen LogP contribution >= 0.6 is 0 Å². The zero-order valence-electron chi connectivity index (χ0n) is 17.0. The second-order valence-electron chi connectivity index (χ2n) is 7.32. The lowest BCUT2D eigenvalue weighted by Gasteiger charge is -2.29. The summed E-state index contributed by atoms with van der Waals surface area (Å²) in [4.78, 5) is 14.6. The topological polar surface area (TPSA) is 50.8 Å². The van der Waals surface area contributed by atoms with E-state index in [-0.39, 0.29) is 11.9 Å². The van der Waals surface area contributed by atoms with Crippen molar-refractivity contribution < 1.29 is 14.3 Å². The Kier molecular flexibility index (Phi) is 6.93. The predicted octanol–water partition coefficient (Wildman–Crippen LogP) is 3.79. The molecule has 0 radical (unpaired) electrons. The molecule has 3 rings (SSSR count). The van der Waals surface area contributed by atoms with E-state index in [4.69, 9.17) is 9.47 Å². The number of anilines is 1. The van der Waals surface area contributed by atoms with Crippen molar-refractivity contribution in [2.45, 2.75) is 33.2 Å². The van der Waals surface area contributed by atoms with Gasteiger partial charge in [-0.2, -0.15) is 0 Å². The molecule has 0 spiro atoms. The molecule has 28 heavy (non-hydrogen) atoms. The first kappa shape index (κ1) is 20.2. The molecule has 0 bridgehead atoms. The number of carbonyl (C=O) groups is 1. The third-order valence-electron chi connectivity index (χ3n) is 5.22. The quantitative estimate of drug-likeness (QED) is 0.792. The number of aryl methyl sites for hydroxylation is 2. The maximum absolute atomic E-state index is 12.2. The average Bonchev–Trinajstić information content (AvgIpc) is 2.71. The highest BCUT2D eigenvalue weighted by atomic mass is 16.5. The van der Waals surface area contributed by atoms with Gasteiger partial charge < -0.3 is 19.7 Å². The number of benzene rings is 2. The van der Waals surface area contributed by atoms with Crippen LogP contribution in [0.1, 0.15) is 36.1 Å². The van der Waals surface area contributed by atoms with Crippen LogP contribution in [0.5, 0.6) is 5.75 Å². The Balaban J connectivity index is 1.44. The molecular weight excluding hydrogens is 352 g/mol. The Morgan fingerprint density at radius 3 is 2.50 bits per heavy atom. The number of hydrogen-bond acceptors (Lipinski definition) is 4. The molecule has 1 aliphatic rings. The fraction of sp³-hybridized carbons (Fsp3) is 0.435. The Hall–Kier alpha value is -2.53. The van der Waals surface area contributed by atoms with Gasteiger partial charge in [0.05, 0.1) is 32.3 Å². The van der Waals surface area contributed by atoms with Gasteiger partial charge in [-0.05, 0) is 61.7 Å². The van der Waals surface area contributed by atoms with Gasteiger partial charge >= 0.3 is 0 Å². The van der Waals surface area contributed by atoms with Crippen LogP contribution in [0.15, 0.2) is 42.5 Å². The summed E-state index contributed by atoms with van der Waals surface area (Å²) in [5.74, 6) is 0.802. The van der Waals surface area contributed by atoms with E-state index in [9.17, 15) is 4.79 Å². The number of nitrogens with zero attached hydrogens (tertiary/aromatic N) is 1. The number of ether oxygens (including phenoxy) is 2. The molecule has 0 aromatic heterocycles. The smallest absolute Gasteiger partial charge is 0.223 e. The van der Waals surface area contributed by atoms with Crippen molar-refractivity contribution >= 4 is 11.6 Å². The first-order valence-electron chi connectivity index (χ1n) is 9.95. The summed E-state index contributed by atoms with van der Waals surface area (Å²) in [5.41, 5.74) is 4.72. The number of hydrogen-bond donors (Lipinski definition) is 1. The van der Waals surface area contributed by atoms with Gasteiger partial charge in [0.25, 0.3) is 0 Å². The summed E-state index contributed by atoms with van der Waals surface area (Å²) in [6.45, 7) is 9.90. The molecule has 1 amide bonds. The SMILES string of the molecule is Cc1ccc(OCCC(=O)NC(C)c2ccc(N3CCOCC3)cc2)cc1C. The first-order valence-corrected chi connectivity index (χ1v) is 9.95. The van der Waals surface area contributed by atoms with Gasteiger partial charge in [0.1, 0.15) is 5.75 Å². The van der Waals surface area contributed by atoms with Crippen molar-refractivity contribution in [3.8, 4) is 5.75 Å². The van der Waals surface area contributed by atoms with Crippen LogP contribution in [-0.2, 0) is 9.53 Å². The molecule has 1 aliphatic heterocycles. The zero-order valence-corrected chi connectivity index (χ0v) is 17.0. The molecular formula is C23H30N2O3. The maximum Gasteiger partial charge on any atom is 0.223 e. The van der Waals surface area contributed by atoms with Crippen molar-refractivity contribution in [3.63, 3.8) is 0 Å². The average molecular weight is 383 g/mol. The van der Waals surface area contributed by atoms with Crippen LogP contribution in [0.2, 0.25) is 0 Å². The summed E-state index contributed by atoms with van der Waals surface area (Å²) < 4.78 is 11.1. The Morgan fingerprint density at radius 1 is 1.11 bits per heavy atom. The summed E-state index contributed by atoms with van der Waals surface area (Å²) >= 11 is 0. The highest BCUT2D eigenvalue weighted by Gasteiger charge is 2.13. The van der Waals surface area contributed by atoms with Crippen molar-refractivity contribution in [3.05, 3.63) is 59.2 Å². The van der Waals surface area contributed by atoms with E-state index < -0.39 is 0 Å². The van der Waals surface area contributed by atoms with Crippen LogP contribution < -0.4 is 15.0 Å². The summed E-state index contributed by atoms with van der Waals surface area (Å²) in [5, 5.41) is 3.05. The number of rotatable bonds is 7. The highest BCUT2D eigenvalue weighted by molar-refractivity contribution is 5.76. The third kappa shape index (κ3) is 5.49. The minimum absolute atomic E-state index is 0.00594. The molecule has 0 aliphatic carbocycles. The van der Waals surface area contributed by atoms with E-state index in [2.05, 4.69) is 48.3 Å². The lowest BCUT2D eigenvalue weighted by Crippen LogP contribution is -2.36. The molecule has 1 N–H and O–H groups in total. The highest BCUT2D eigenvalue weighted by Crippen LogP contribution is 2.20. The number of nitrogens with one attached hydrogen (secondary N) is 1. The molecule has 1 heterocycles. The standard InChI is InChI=1S/C23H30N2O3/c1-17-4-9-22(16-18(17)2)28-13-10-23(26)24-19(3)20-5-7-21(8-6-20)25-11-14-27-15-12-25/h4-9,16,19H,10-15H2,1-3H3,(H,24,26). The van der Waals surface area contributed by atoms with Gasteiger partial charge in [-0.1, -0.05) is 18.2 Å². The van der Waals surface area contributed by atoms with Crippen LogP contribution in [0, 0.1) is 13.8 Å². The van der Waals surface area contributed by atoms with Gasteiger partial charge in [0.2, 0.25) is 5.91 Å². The van der Waals surface area contributed by atoms with Crippen molar-refractivity contribution in [1.29, 1.82) is 0 Å². The van der Waals surface area contributed by atoms with E-state index >= 15 is 0 Å². The molecule has 5 heteroatoms. The molecule has 2 aromatic carbocycles. The summed E-state index contributed by atoms with van der Waals surface area (Å²) in [7, 11) is 0. The molecule has 1 atom stereocenters. The zero-order chi connectivity index (χ0) is 19.9. The third-order valence-corrected chi connectivity index (χ3v) is 5.22. The van der Waals surface area contributed by atoms with Gasteiger partial charge in [-0.3, -0.25) is 4.79 Å². The summed E-state index contributed by atoms with van der Waals surface area (Å²) in [6, 6.07) is 14.4. The van der Waals surface area contributed by atoms with Gasteiger partial charge in [0, 0.05) is 18.8 Å². The summed E-state index contributed by atoms with van der Waals surface area (Å²) in [6.07, 6.45) is 0.336. The number of morpholine rings is 1. The second-order valence-corrected chi connectivity index (χ2v) is 7.32. The van der Waals surface area contributed by atoms with E-state index in [1.165, 1.54) is 16.8 Å². The van der Waals surface area contributed by atoms with Crippen LogP contribution in [0.3, 0.4) is 0 Å². The Bertz CT molecular complexity index is 783. The number of carbonyl (C=O) groups excluding carboxylic acids is 1. The van der Waals surface area contributed by atoms with Gasteiger partial charge in [-0.15, -0.1) is 0 Å². The molecule has 1 fully saturated rings. The van der Waals surface area contributed by atoms with E-state index in [1.54, 1.807) is 0 Å². The molecule has 1 unspecified atom stereocenters. The minimum Gasteiger partial charge on any atom is -0.493 e. The van der Waals surface area contributed by atoms with Crippen molar-refractivity contribution in [2.75, 3.05) is 37.8 Å². The van der Waals surface area contributed by atoms with E-state index in [1.807, 2.05) is 25.1 Å². The normalized spacial score (nSPS) is 15.2. The van der Waals surface area contributed by atoms with Gasteiger partial charge in [-0.25, -0.2) is 0 Å². The van der Waals surface area contributed by atoms with Crippen molar-refractivity contribution in [2.24, 2.45) is 0 Å². The maximum atomic E-state index is 12.2. The van der Waals surface area contributed by atoms with Crippen LogP contribution in [0.4, 0.5) is 5.69 Å². The van der Waals surface area contributed by atoms with E-state index in [0.29, 0.717) is 13.0 Å². The first-order chi connectivity index (χ1) is 13.5. The minimum atomic E-state index is -0.0344. The predicted molar refractivity (Wildman–Crippen MR) is 112 cm³/mol. The Morgan fingerprint density at radius 2 is 1.82 bits per heavy atom. The molecule has 2 aromatic rings. The fourth-order valence-electron chi connectivity index (χ4n) is 3.26. The lowest BCUT2D eigenvalue weighted by molar-refractivity contribution is -0.122. The Labute approximate surface area is 167 Å². The van der Waals surface area contributed by atoms with Gasteiger partial charge in [0.15, 0.2) is 0 Å². The fourth-order valence-corrected chi connectivity index (χ4v) is 3.26. The number of amides is 1. The van der Waals surface area contributed by atoms with E-state index in [0.717, 1.165) is 37.6 Å². The van der Waals surface area contributed by atoms with Crippen molar-refractivity contribution in [1.82, 2.24) is 5.32 Å². The lowest BCUT2D eigenvalue weighted by atomic mass is 10.1. The molecule has 150 valence electrons. The molecule has 1 saturated heterocycles. The van der Waals surface area contributed by atoms with Crippen LogP contribution in [0.25, 0.3) is 0 Å². The van der Waals surface area contributed by atoms with Crippen LogP contribution in [-0.4, -0.2) is 38.8 Å². The largest absolute Gasteiger partial charge is 0.493 e. The molecule has 5 nitrogen and oxygen atoms in total. The second kappa shape index (κ2) is 9.60. The monoisotopic (exact) mass is 382 g/mol. The molecule has 0 saturated carbocycles.